The molecule has 1 saturated heterocycles. The summed E-state index contributed by atoms with van der Waals surface area (Å²) in [6.45, 7) is 4.96. The van der Waals surface area contributed by atoms with Gasteiger partial charge in [-0.05, 0) is 56.5 Å². The molecule has 0 radical (unpaired) electrons. The van der Waals surface area contributed by atoms with Crippen LogP contribution in [0.25, 0.3) is 0 Å². The molecule has 1 nitrogen and oxygen atoms in total. The molecule has 2 aliphatic rings. The van der Waals surface area contributed by atoms with E-state index in [0.29, 0.717) is 0 Å². The average Bonchev–Trinajstić information content (AvgIpc) is 2.54. The molecule has 2 rings (SSSR count). The van der Waals surface area contributed by atoms with Crippen molar-refractivity contribution in [2.75, 3.05) is 13.1 Å². The molecule has 0 aromatic carbocycles. The summed E-state index contributed by atoms with van der Waals surface area (Å²) < 4.78 is 0. The van der Waals surface area contributed by atoms with Gasteiger partial charge in [-0.2, -0.15) is 0 Å². The minimum absolute atomic E-state index is 1.02. The summed E-state index contributed by atoms with van der Waals surface area (Å²) in [4.78, 5) is 0. The molecular weight excluding hydrogens is 146 g/mol. The van der Waals surface area contributed by atoms with Crippen molar-refractivity contribution in [3.63, 3.8) is 0 Å². The maximum Gasteiger partial charge on any atom is -0.00462 e. The van der Waals surface area contributed by atoms with Gasteiger partial charge in [-0.3, -0.25) is 0 Å². The molecule has 1 aliphatic carbocycles. The first-order valence-corrected chi connectivity index (χ1v) is 5.57. The molecule has 2 unspecified atom stereocenters. The predicted molar refractivity (Wildman–Crippen MR) is 52.1 cm³/mol. The number of nitrogens with one attached hydrogen (secondary N) is 1. The lowest BCUT2D eigenvalue weighted by Gasteiger charge is -2.27. The highest BCUT2D eigenvalue weighted by Gasteiger charge is 2.29. The Kier molecular flexibility index (Phi) is 2.69. The third-order valence-corrected chi connectivity index (χ3v) is 3.79. The number of piperidine rings is 1. The highest BCUT2D eigenvalue weighted by atomic mass is 14.9. The van der Waals surface area contributed by atoms with E-state index in [9.17, 15) is 0 Å². The van der Waals surface area contributed by atoms with Gasteiger partial charge in [-0.25, -0.2) is 0 Å². The quantitative estimate of drug-likeness (QED) is 0.632. The maximum absolute atomic E-state index is 3.45. The standard InChI is InChI=1S/C11H21N/c1-9-2-3-11(8-9)10-4-6-12-7-5-10/h9-12H,2-8H2,1H3. The van der Waals surface area contributed by atoms with Crippen molar-refractivity contribution in [2.24, 2.45) is 17.8 Å². The van der Waals surface area contributed by atoms with Crippen LogP contribution in [0.5, 0.6) is 0 Å². The van der Waals surface area contributed by atoms with Crippen molar-refractivity contribution in [3.05, 3.63) is 0 Å². The lowest BCUT2D eigenvalue weighted by molar-refractivity contribution is 0.258. The fourth-order valence-corrected chi connectivity index (χ4v) is 2.99. The van der Waals surface area contributed by atoms with Crippen LogP contribution in [0.4, 0.5) is 0 Å². The van der Waals surface area contributed by atoms with Crippen LogP contribution in [0.15, 0.2) is 0 Å². The molecule has 70 valence electrons. The molecule has 1 N–H and O–H groups in total. The normalized spacial score (nSPS) is 38.8. The van der Waals surface area contributed by atoms with E-state index in [0.717, 1.165) is 17.8 Å². The Morgan fingerprint density at radius 1 is 0.917 bits per heavy atom. The van der Waals surface area contributed by atoms with Gasteiger partial charge in [-0.1, -0.05) is 13.3 Å². The SMILES string of the molecule is CC1CCC(C2CCNCC2)C1. The van der Waals surface area contributed by atoms with E-state index in [1.165, 1.54) is 45.2 Å². The van der Waals surface area contributed by atoms with Gasteiger partial charge in [0.05, 0.1) is 0 Å². The molecule has 0 amide bonds. The average molecular weight is 167 g/mol. The fourth-order valence-electron chi connectivity index (χ4n) is 2.99. The number of hydrogen-bond donors (Lipinski definition) is 1. The van der Waals surface area contributed by atoms with Gasteiger partial charge >= 0.3 is 0 Å². The third-order valence-electron chi connectivity index (χ3n) is 3.79. The predicted octanol–water partition coefficient (Wildman–Crippen LogP) is 2.42. The van der Waals surface area contributed by atoms with E-state index in [1.54, 1.807) is 0 Å². The summed E-state index contributed by atoms with van der Waals surface area (Å²) in [5.74, 6) is 3.17. The van der Waals surface area contributed by atoms with Gasteiger partial charge in [0.1, 0.15) is 0 Å². The minimum Gasteiger partial charge on any atom is -0.317 e. The highest BCUT2D eigenvalue weighted by Crippen LogP contribution is 2.38. The summed E-state index contributed by atoms with van der Waals surface area (Å²) in [5.41, 5.74) is 0. The van der Waals surface area contributed by atoms with Crippen LogP contribution < -0.4 is 5.32 Å². The van der Waals surface area contributed by atoms with Crippen molar-refractivity contribution >= 4 is 0 Å². The molecule has 1 saturated carbocycles. The zero-order valence-electron chi connectivity index (χ0n) is 8.18. The Morgan fingerprint density at radius 2 is 1.67 bits per heavy atom. The molecule has 1 aliphatic heterocycles. The third kappa shape index (κ3) is 1.82. The van der Waals surface area contributed by atoms with Gasteiger partial charge in [0, 0.05) is 0 Å². The monoisotopic (exact) mass is 167 g/mol. The first-order valence-electron chi connectivity index (χ1n) is 5.57. The maximum atomic E-state index is 3.45. The Morgan fingerprint density at radius 3 is 2.25 bits per heavy atom. The van der Waals surface area contributed by atoms with Gasteiger partial charge in [0.2, 0.25) is 0 Å². The number of hydrogen-bond acceptors (Lipinski definition) is 1. The fraction of sp³-hybridized carbons (Fsp3) is 1.00. The van der Waals surface area contributed by atoms with Crippen molar-refractivity contribution in [3.8, 4) is 0 Å². The first-order chi connectivity index (χ1) is 5.86. The van der Waals surface area contributed by atoms with E-state index in [4.69, 9.17) is 0 Å². The zero-order valence-corrected chi connectivity index (χ0v) is 8.18. The van der Waals surface area contributed by atoms with E-state index >= 15 is 0 Å². The summed E-state index contributed by atoms with van der Waals surface area (Å²) in [7, 11) is 0. The Bertz CT molecular complexity index is 135. The second-order valence-corrected chi connectivity index (χ2v) is 4.77. The zero-order chi connectivity index (χ0) is 8.39. The van der Waals surface area contributed by atoms with Crippen LogP contribution in [-0.4, -0.2) is 13.1 Å². The summed E-state index contributed by atoms with van der Waals surface area (Å²) in [5, 5.41) is 3.45. The number of rotatable bonds is 1. The molecule has 1 heteroatoms. The smallest absolute Gasteiger partial charge is 0.00462 e. The van der Waals surface area contributed by atoms with E-state index in [1.807, 2.05) is 0 Å². The van der Waals surface area contributed by atoms with Gasteiger partial charge < -0.3 is 5.32 Å². The van der Waals surface area contributed by atoms with Crippen LogP contribution in [0.1, 0.15) is 39.0 Å². The van der Waals surface area contributed by atoms with Crippen LogP contribution in [0, 0.1) is 17.8 Å². The highest BCUT2D eigenvalue weighted by molar-refractivity contribution is 4.81. The summed E-state index contributed by atoms with van der Waals surface area (Å²) in [6.07, 6.45) is 7.42. The summed E-state index contributed by atoms with van der Waals surface area (Å²) in [6, 6.07) is 0. The van der Waals surface area contributed by atoms with Crippen molar-refractivity contribution in [2.45, 2.75) is 39.0 Å². The van der Waals surface area contributed by atoms with E-state index < -0.39 is 0 Å². The Hall–Kier alpha value is -0.0400. The topological polar surface area (TPSA) is 12.0 Å². The lowest BCUT2D eigenvalue weighted by Crippen LogP contribution is -2.30. The lowest BCUT2D eigenvalue weighted by atomic mass is 9.83. The minimum atomic E-state index is 1.02. The van der Waals surface area contributed by atoms with Crippen LogP contribution in [0.2, 0.25) is 0 Å². The van der Waals surface area contributed by atoms with E-state index in [-0.39, 0.29) is 0 Å². The first kappa shape index (κ1) is 8.55. The molecular formula is C11H21N. The molecule has 0 bridgehead atoms. The van der Waals surface area contributed by atoms with Gasteiger partial charge in [0.15, 0.2) is 0 Å². The second kappa shape index (κ2) is 3.78. The molecule has 0 aromatic rings. The van der Waals surface area contributed by atoms with E-state index in [2.05, 4.69) is 12.2 Å². The molecule has 0 spiro atoms. The second-order valence-electron chi connectivity index (χ2n) is 4.77. The van der Waals surface area contributed by atoms with Crippen LogP contribution in [0.3, 0.4) is 0 Å². The molecule has 12 heavy (non-hydrogen) atoms. The van der Waals surface area contributed by atoms with Crippen molar-refractivity contribution in [1.29, 1.82) is 0 Å². The van der Waals surface area contributed by atoms with Gasteiger partial charge in [0.25, 0.3) is 0 Å². The Balaban J connectivity index is 1.83. The Labute approximate surface area is 75.9 Å². The molecule has 2 fully saturated rings. The van der Waals surface area contributed by atoms with Crippen molar-refractivity contribution in [1.82, 2.24) is 5.32 Å². The van der Waals surface area contributed by atoms with Crippen LogP contribution >= 0.6 is 0 Å². The molecule has 0 aromatic heterocycles. The van der Waals surface area contributed by atoms with Gasteiger partial charge in [-0.15, -0.1) is 0 Å². The summed E-state index contributed by atoms with van der Waals surface area (Å²) >= 11 is 0. The largest absolute Gasteiger partial charge is 0.317 e. The van der Waals surface area contributed by atoms with Crippen LogP contribution in [-0.2, 0) is 0 Å². The molecule has 2 atom stereocenters. The molecule has 1 heterocycles. The van der Waals surface area contributed by atoms with Crippen molar-refractivity contribution < 1.29 is 0 Å².